The smallest absolute Gasteiger partial charge is 0.00474 e. The third-order valence-electron chi connectivity index (χ3n) is 3.11. The highest BCUT2D eigenvalue weighted by Gasteiger charge is 2.23. The van der Waals surface area contributed by atoms with Gasteiger partial charge >= 0.3 is 0 Å². The molecule has 1 aromatic carbocycles. The first-order valence-corrected chi connectivity index (χ1v) is 5.49. The van der Waals surface area contributed by atoms with Crippen LogP contribution in [0.25, 0.3) is 0 Å². The Hall–Kier alpha value is -0.820. The average molecular weight is 189 g/mol. The van der Waals surface area contributed by atoms with E-state index in [9.17, 15) is 0 Å². The second-order valence-electron chi connectivity index (χ2n) is 4.67. The quantitative estimate of drug-likeness (QED) is 0.656. The fraction of sp³-hybridized carbons (Fsp3) is 0.538. The van der Waals surface area contributed by atoms with Crippen LogP contribution in [0.5, 0.6) is 0 Å². The standard InChI is InChI=1S/C13H19N/c1-11-8-13(10-14(2)9-11)12-6-4-3-5-7-12/h3-7,11,13H,8-10H2,1-2H3/t11-,13?/m0/s1. The summed E-state index contributed by atoms with van der Waals surface area (Å²) < 4.78 is 0. The molecule has 0 aromatic heterocycles. The molecule has 1 heterocycles. The molecule has 0 amide bonds. The molecule has 1 aliphatic rings. The van der Waals surface area contributed by atoms with Crippen LogP contribution in [0.1, 0.15) is 24.8 Å². The zero-order chi connectivity index (χ0) is 9.97. The highest BCUT2D eigenvalue weighted by atomic mass is 15.1. The van der Waals surface area contributed by atoms with E-state index in [4.69, 9.17) is 0 Å². The van der Waals surface area contributed by atoms with Crippen LogP contribution in [0, 0.1) is 5.92 Å². The van der Waals surface area contributed by atoms with Crippen molar-refractivity contribution in [2.45, 2.75) is 19.3 Å². The predicted octanol–water partition coefficient (Wildman–Crippen LogP) is 2.74. The molecule has 1 aromatic rings. The van der Waals surface area contributed by atoms with E-state index in [1.165, 1.54) is 25.1 Å². The van der Waals surface area contributed by atoms with E-state index in [0.29, 0.717) is 0 Å². The summed E-state index contributed by atoms with van der Waals surface area (Å²) in [6.07, 6.45) is 1.34. The van der Waals surface area contributed by atoms with Crippen molar-refractivity contribution in [1.29, 1.82) is 0 Å². The van der Waals surface area contributed by atoms with Crippen LogP contribution in [0.2, 0.25) is 0 Å². The van der Waals surface area contributed by atoms with E-state index < -0.39 is 0 Å². The fourth-order valence-corrected chi connectivity index (χ4v) is 2.58. The van der Waals surface area contributed by atoms with Gasteiger partial charge in [-0.15, -0.1) is 0 Å². The lowest BCUT2D eigenvalue weighted by atomic mass is 9.86. The molecule has 0 saturated carbocycles. The number of benzene rings is 1. The summed E-state index contributed by atoms with van der Waals surface area (Å²) in [4.78, 5) is 2.45. The maximum Gasteiger partial charge on any atom is 0.00474 e. The van der Waals surface area contributed by atoms with Gasteiger partial charge in [-0.25, -0.2) is 0 Å². The van der Waals surface area contributed by atoms with E-state index >= 15 is 0 Å². The summed E-state index contributed by atoms with van der Waals surface area (Å²) >= 11 is 0. The normalized spacial score (nSPS) is 29.0. The maximum absolute atomic E-state index is 2.45. The van der Waals surface area contributed by atoms with Crippen LogP contribution in [0.3, 0.4) is 0 Å². The Morgan fingerprint density at radius 3 is 2.50 bits per heavy atom. The van der Waals surface area contributed by atoms with Gasteiger partial charge in [0.2, 0.25) is 0 Å². The SMILES string of the molecule is C[C@H]1CC(c2ccccc2)CN(C)C1. The number of hydrogen-bond donors (Lipinski definition) is 0. The van der Waals surface area contributed by atoms with Crippen molar-refractivity contribution < 1.29 is 0 Å². The third-order valence-corrected chi connectivity index (χ3v) is 3.11. The van der Waals surface area contributed by atoms with Gasteiger partial charge in [0.05, 0.1) is 0 Å². The van der Waals surface area contributed by atoms with E-state index in [-0.39, 0.29) is 0 Å². The van der Waals surface area contributed by atoms with E-state index in [2.05, 4.69) is 49.2 Å². The second-order valence-corrected chi connectivity index (χ2v) is 4.67. The van der Waals surface area contributed by atoms with Gasteiger partial charge in [0.25, 0.3) is 0 Å². The fourth-order valence-electron chi connectivity index (χ4n) is 2.58. The molecule has 0 bridgehead atoms. The van der Waals surface area contributed by atoms with Gasteiger partial charge in [-0.1, -0.05) is 37.3 Å². The van der Waals surface area contributed by atoms with Gasteiger partial charge in [0.15, 0.2) is 0 Å². The molecule has 1 aliphatic heterocycles. The molecule has 0 N–H and O–H groups in total. The minimum absolute atomic E-state index is 0.741. The summed E-state index contributed by atoms with van der Waals surface area (Å²) in [5.41, 5.74) is 1.51. The summed E-state index contributed by atoms with van der Waals surface area (Å²) in [5, 5.41) is 0. The van der Waals surface area contributed by atoms with Crippen molar-refractivity contribution in [2.24, 2.45) is 5.92 Å². The largest absolute Gasteiger partial charge is 0.305 e. The lowest BCUT2D eigenvalue weighted by Crippen LogP contribution is -2.35. The van der Waals surface area contributed by atoms with Crippen LogP contribution in [0.4, 0.5) is 0 Å². The molecule has 1 fully saturated rings. The Balaban J connectivity index is 2.11. The number of nitrogens with zero attached hydrogens (tertiary/aromatic N) is 1. The highest BCUT2D eigenvalue weighted by molar-refractivity contribution is 5.20. The Labute approximate surface area is 86.7 Å². The Morgan fingerprint density at radius 1 is 1.14 bits per heavy atom. The molecule has 2 rings (SSSR count). The van der Waals surface area contributed by atoms with Gasteiger partial charge in [0.1, 0.15) is 0 Å². The molecule has 1 nitrogen and oxygen atoms in total. The molecule has 1 unspecified atom stereocenters. The molecule has 1 saturated heterocycles. The van der Waals surface area contributed by atoms with Crippen molar-refractivity contribution >= 4 is 0 Å². The van der Waals surface area contributed by atoms with E-state index in [1.807, 2.05) is 0 Å². The maximum atomic E-state index is 2.45. The van der Waals surface area contributed by atoms with Crippen molar-refractivity contribution in [2.75, 3.05) is 20.1 Å². The Kier molecular flexibility index (Phi) is 2.87. The molecule has 0 aliphatic carbocycles. The molecule has 0 radical (unpaired) electrons. The topological polar surface area (TPSA) is 3.24 Å². The molecule has 1 heteroatoms. The zero-order valence-electron chi connectivity index (χ0n) is 9.11. The number of likely N-dealkylation sites (tertiary alicyclic amines) is 1. The van der Waals surface area contributed by atoms with Crippen LogP contribution < -0.4 is 0 Å². The van der Waals surface area contributed by atoms with Gasteiger partial charge in [-0.2, -0.15) is 0 Å². The van der Waals surface area contributed by atoms with Crippen molar-refractivity contribution in [3.05, 3.63) is 35.9 Å². The summed E-state index contributed by atoms with van der Waals surface area (Å²) in [6.45, 7) is 4.82. The lowest BCUT2D eigenvalue weighted by molar-refractivity contribution is 0.198. The number of likely N-dealkylation sites (N-methyl/N-ethyl adjacent to an activating group) is 1. The monoisotopic (exact) mass is 189 g/mol. The van der Waals surface area contributed by atoms with Crippen LogP contribution in [0.15, 0.2) is 30.3 Å². The van der Waals surface area contributed by atoms with Crippen LogP contribution in [-0.2, 0) is 0 Å². The molecular weight excluding hydrogens is 170 g/mol. The molecule has 76 valence electrons. The molecule has 14 heavy (non-hydrogen) atoms. The molecular formula is C13H19N. The second kappa shape index (κ2) is 4.14. The number of piperidine rings is 1. The minimum Gasteiger partial charge on any atom is -0.305 e. The number of rotatable bonds is 1. The lowest BCUT2D eigenvalue weighted by Gasteiger charge is -2.34. The number of hydrogen-bond acceptors (Lipinski definition) is 1. The van der Waals surface area contributed by atoms with Crippen LogP contribution >= 0.6 is 0 Å². The molecule has 2 atom stereocenters. The Morgan fingerprint density at radius 2 is 1.86 bits per heavy atom. The molecule has 0 spiro atoms. The first kappa shape index (κ1) is 9.72. The minimum atomic E-state index is 0.741. The highest BCUT2D eigenvalue weighted by Crippen LogP contribution is 2.28. The van der Waals surface area contributed by atoms with Gasteiger partial charge in [-0.05, 0) is 30.9 Å². The van der Waals surface area contributed by atoms with Crippen molar-refractivity contribution in [1.82, 2.24) is 4.90 Å². The van der Waals surface area contributed by atoms with Gasteiger partial charge in [0, 0.05) is 13.1 Å². The summed E-state index contributed by atoms with van der Waals surface area (Å²) in [6, 6.07) is 10.9. The Bertz CT molecular complexity index is 271. The van der Waals surface area contributed by atoms with Crippen molar-refractivity contribution in [3.63, 3.8) is 0 Å². The first-order valence-electron chi connectivity index (χ1n) is 5.49. The van der Waals surface area contributed by atoms with E-state index in [0.717, 1.165) is 11.8 Å². The van der Waals surface area contributed by atoms with E-state index in [1.54, 1.807) is 0 Å². The first-order chi connectivity index (χ1) is 6.75. The van der Waals surface area contributed by atoms with Crippen LogP contribution in [-0.4, -0.2) is 25.0 Å². The third kappa shape index (κ3) is 2.16. The van der Waals surface area contributed by atoms with Gasteiger partial charge in [-0.3, -0.25) is 0 Å². The summed E-state index contributed by atoms with van der Waals surface area (Å²) in [7, 11) is 2.23. The van der Waals surface area contributed by atoms with Gasteiger partial charge < -0.3 is 4.90 Å². The van der Waals surface area contributed by atoms with Crippen molar-refractivity contribution in [3.8, 4) is 0 Å². The summed E-state index contributed by atoms with van der Waals surface area (Å²) in [5.74, 6) is 1.57. The average Bonchev–Trinajstić information content (AvgIpc) is 2.18. The predicted molar refractivity (Wildman–Crippen MR) is 60.5 cm³/mol. The zero-order valence-corrected chi connectivity index (χ0v) is 9.11.